The van der Waals surface area contributed by atoms with Gasteiger partial charge < -0.3 is 33.9 Å². The normalized spacial score (nSPS) is 16.2. The zero-order chi connectivity index (χ0) is 23.3. The smallest absolute Gasteiger partial charge is 0.339 e. The third-order valence-electron chi connectivity index (χ3n) is 5.74. The van der Waals surface area contributed by atoms with Gasteiger partial charge >= 0.3 is 5.97 Å². The van der Waals surface area contributed by atoms with Gasteiger partial charge in [-0.2, -0.15) is 0 Å². The van der Waals surface area contributed by atoms with Crippen molar-refractivity contribution >= 4 is 17.6 Å². The van der Waals surface area contributed by atoms with Gasteiger partial charge in [0, 0.05) is 29.8 Å². The minimum absolute atomic E-state index is 0.00938. The molecule has 0 saturated carbocycles. The second-order valence-electron chi connectivity index (χ2n) is 7.53. The van der Waals surface area contributed by atoms with E-state index in [1.54, 1.807) is 16.7 Å². The monoisotopic (exact) mass is 454 g/mol. The minimum atomic E-state index is -1.22. The van der Waals surface area contributed by atoms with E-state index in [2.05, 4.69) is 5.32 Å². The van der Waals surface area contributed by atoms with Gasteiger partial charge in [-0.05, 0) is 24.3 Å². The van der Waals surface area contributed by atoms with Crippen molar-refractivity contribution in [3.05, 3.63) is 59.2 Å². The number of methoxy groups -OCH3 is 2. The lowest BCUT2D eigenvalue weighted by Gasteiger charge is -2.28. The number of aromatic nitrogens is 1. The molecule has 33 heavy (non-hydrogen) atoms. The van der Waals surface area contributed by atoms with Gasteiger partial charge in [-0.3, -0.25) is 4.79 Å². The molecular formula is C23H19FN2O7. The van der Waals surface area contributed by atoms with E-state index in [4.69, 9.17) is 18.9 Å². The molecule has 0 unspecified atom stereocenters. The Morgan fingerprint density at radius 2 is 2.00 bits per heavy atom. The number of fused-ring (bicyclic) bond motifs is 2. The first-order valence-electron chi connectivity index (χ1n) is 10.0. The van der Waals surface area contributed by atoms with Crippen LogP contribution < -0.4 is 24.3 Å². The Hall–Kier alpha value is -4.21. The molecule has 0 saturated heterocycles. The van der Waals surface area contributed by atoms with E-state index in [0.717, 1.165) is 0 Å². The summed E-state index contributed by atoms with van der Waals surface area (Å²) in [6.07, 6.45) is 1.36. The number of aromatic carboxylic acids is 1. The number of carbonyl (C=O) groups is 2. The predicted octanol–water partition coefficient (Wildman–Crippen LogP) is 3.53. The summed E-state index contributed by atoms with van der Waals surface area (Å²) in [6.45, 7) is -0.0231. The van der Waals surface area contributed by atoms with E-state index in [1.165, 1.54) is 38.6 Å². The lowest BCUT2D eigenvalue weighted by Crippen LogP contribution is -2.26. The molecular weight excluding hydrogens is 435 g/mol. The lowest BCUT2D eigenvalue weighted by atomic mass is 9.87. The van der Waals surface area contributed by atoms with Crippen LogP contribution in [0.2, 0.25) is 0 Å². The van der Waals surface area contributed by atoms with Gasteiger partial charge in [-0.1, -0.05) is 6.07 Å². The summed E-state index contributed by atoms with van der Waals surface area (Å²) in [6, 6.07) is 7.44. The van der Waals surface area contributed by atoms with Gasteiger partial charge in [0.2, 0.25) is 24.2 Å². The van der Waals surface area contributed by atoms with Crippen molar-refractivity contribution in [1.82, 2.24) is 4.57 Å². The van der Waals surface area contributed by atoms with E-state index in [0.29, 0.717) is 39.9 Å². The van der Waals surface area contributed by atoms with Crippen molar-refractivity contribution in [2.45, 2.75) is 12.3 Å². The number of benzene rings is 2. The average Bonchev–Trinajstić information content (AvgIpc) is 3.43. The molecule has 3 heterocycles. The summed E-state index contributed by atoms with van der Waals surface area (Å²) in [7, 11) is 2.94. The second kappa shape index (κ2) is 7.73. The number of carboxylic acids is 1. The Morgan fingerprint density at radius 3 is 2.70 bits per heavy atom. The Bertz CT molecular complexity index is 1300. The van der Waals surface area contributed by atoms with E-state index in [-0.39, 0.29) is 30.4 Å². The fraction of sp³-hybridized carbons (Fsp3) is 0.217. The summed E-state index contributed by atoms with van der Waals surface area (Å²) < 4.78 is 37.8. The van der Waals surface area contributed by atoms with E-state index in [9.17, 15) is 19.1 Å². The summed E-state index contributed by atoms with van der Waals surface area (Å²) in [5.74, 6) is -1.28. The van der Waals surface area contributed by atoms with E-state index >= 15 is 0 Å². The summed E-state index contributed by atoms with van der Waals surface area (Å²) in [5.41, 5.74) is 1.46. The fourth-order valence-corrected chi connectivity index (χ4v) is 4.38. The maximum Gasteiger partial charge on any atom is 0.339 e. The fourth-order valence-electron chi connectivity index (χ4n) is 4.38. The average molecular weight is 454 g/mol. The molecule has 2 aliphatic rings. The molecule has 2 N–H and O–H groups in total. The molecule has 170 valence electrons. The molecule has 0 spiro atoms. The second-order valence-corrected chi connectivity index (χ2v) is 7.53. The molecule has 1 amide bonds. The van der Waals surface area contributed by atoms with Crippen molar-refractivity contribution in [2.75, 3.05) is 26.3 Å². The molecule has 2 aliphatic heterocycles. The SMILES string of the molecule is COc1cc([C@H]2CC(=O)Nc3c(C(=O)O)cn(-c4cccc(F)c4)c32)c(OC)c2c1OCO2. The van der Waals surface area contributed by atoms with Crippen molar-refractivity contribution in [2.24, 2.45) is 0 Å². The van der Waals surface area contributed by atoms with Crippen molar-refractivity contribution < 1.29 is 38.0 Å². The third kappa shape index (κ3) is 3.22. The Kier molecular flexibility index (Phi) is 4.85. The maximum absolute atomic E-state index is 14.0. The van der Waals surface area contributed by atoms with Gasteiger partial charge in [-0.25, -0.2) is 9.18 Å². The first-order valence-corrected chi connectivity index (χ1v) is 10.0. The maximum atomic E-state index is 14.0. The lowest BCUT2D eigenvalue weighted by molar-refractivity contribution is -0.116. The number of rotatable bonds is 5. The number of carbonyl (C=O) groups excluding carboxylic acids is 1. The number of nitrogens with one attached hydrogen (secondary N) is 1. The van der Waals surface area contributed by atoms with Gasteiger partial charge in [0.1, 0.15) is 11.4 Å². The van der Waals surface area contributed by atoms with Crippen LogP contribution in [0.3, 0.4) is 0 Å². The number of anilines is 1. The van der Waals surface area contributed by atoms with Crippen LogP contribution in [0.1, 0.15) is 34.0 Å². The minimum Gasteiger partial charge on any atom is -0.493 e. The standard InChI is InChI=1S/C23H19FN2O7/c1-30-16-7-14(20(31-2)22-21(16)32-10-33-22)13-8-17(27)25-18-15(23(28)29)9-26(19(13)18)12-5-3-4-11(24)6-12/h3-7,9,13H,8,10H2,1-2H3,(H,25,27)(H,28,29)/t13-/m1/s1. The molecule has 0 fully saturated rings. The highest BCUT2D eigenvalue weighted by molar-refractivity contribution is 6.04. The largest absolute Gasteiger partial charge is 0.493 e. The Balaban J connectivity index is 1.80. The zero-order valence-corrected chi connectivity index (χ0v) is 17.7. The van der Waals surface area contributed by atoms with E-state index < -0.39 is 17.7 Å². The zero-order valence-electron chi connectivity index (χ0n) is 17.7. The summed E-state index contributed by atoms with van der Waals surface area (Å²) in [4.78, 5) is 24.7. The molecule has 10 heteroatoms. The Morgan fingerprint density at radius 1 is 1.21 bits per heavy atom. The molecule has 1 atom stereocenters. The number of ether oxygens (including phenoxy) is 4. The number of amides is 1. The van der Waals surface area contributed by atoms with Crippen molar-refractivity contribution in [1.29, 1.82) is 0 Å². The van der Waals surface area contributed by atoms with Crippen LogP contribution in [-0.4, -0.2) is 42.6 Å². The molecule has 5 rings (SSSR count). The first kappa shape index (κ1) is 20.7. The quantitative estimate of drug-likeness (QED) is 0.607. The first-order chi connectivity index (χ1) is 15.9. The summed E-state index contributed by atoms with van der Waals surface area (Å²) in [5, 5.41) is 12.5. The highest BCUT2D eigenvalue weighted by Crippen LogP contribution is 2.54. The number of hydrogen-bond acceptors (Lipinski definition) is 6. The summed E-state index contributed by atoms with van der Waals surface area (Å²) >= 11 is 0. The molecule has 0 bridgehead atoms. The molecule has 9 nitrogen and oxygen atoms in total. The van der Waals surface area contributed by atoms with Gasteiger partial charge in [0.15, 0.2) is 11.5 Å². The van der Waals surface area contributed by atoms with E-state index in [1.807, 2.05) is 0 Å². The van der Waals surface area contributed by atoms with Crippen LogP contribution in [0, 0.1) is 5.82 Å². The number of halogens is 1. The molecule has 0 radical (unpaired) electrons. The van der Waals surface area contributed by atoms with Crippen LogP contribution in [-0.2, 0) is 4.79 Å². The van der Waals surface area contributed by atoms with Gasteiger partial charge in [0.25, 0.3) is 0 Å². The molecule has 0 aliphatic carbocycles. The van der Waals surface area contributed by atoms with Crippen LogP contribution in [0.15, 0.2) is 36.5 Å². The number of hydrogen-bond donors (Lipinski definition) is 2. The van der Waals surface area contributed by atoms with Crippen LogP contribution in [0.4, 0.5) is 10.1 Å². The van der Waals surface area contributed by atoms with Crippen LogP contribution >= 0.6 is 0 Å². The molecule has 1 aromatic heterocycles. The van der Waals surface area contributed by atoms with Gasteiger partial charge in [-0.15, -0.1) is 0 Å². The third-order valence-corrected chi connectivity index (χ3v) is 5.74. The van der Waals surface area contributed by atoms with Gasteiger partial charge in [0.05, 0.1) is 25.6 Å². The van der Waals surface area contributed by atoms with Crippen LogP contribution in [0.5, 0.6) is 23.0 Å². The highest BCUT2D eigenvalue weighted by atomic mass is 19.1. The number of carboxylic acid groups (broad SMARTS) is 1. The predicted molar refractivity (Wildman–Crippen MR) is 113 cm³/mol. The Labute approximate surface area is 187 Å². The van der Waals surface area contributed by atoms with Crippen LogP contribution in [0.25, 0.3) is 5.69 Å². The topological polar surface area (TPSA) is 108 Å². The molecule has 3 aromatic rings. The molecule has 2 aromatic carbocycles. The van der Waals surface area contributed by atoms with Crippen molar-refractivity contribution in [3.8, 4) is 28.7 Å². The number of nitrogens with zero attached hydrogens (tertiary/aromatic N) is 1. The highest BCUT2D eigenvalue weighted by Gasteiger charge is 2.38. The van der Waals surface area contributed by atoms with Crippen molar-refractivity contribution in [3.63, 3.8) is 0 Å².